The van der Waals surface area contributed by atoms with Crippen molar-refractivity contribution in [2.24, 2.45) is 0 Å². The SMILES string of the molecule is O=C(Nc1cccc(S(=O)(=O)C2CCCC2)c1)[C@@H]1CCCN1C(=O)c1ccco1. The molecule has 1 aromatic heterocycles. The molecule has 2 heterocycles. The van der Waals surface area contributed by atoms with E-state index in [1.807, 2.05) is 0 Å². The zero-order chi connectivity index (χ0) is 20.4. The summed E-state index contributed by atoms with van der Waals surface area (Å²) in [7, 11) is -3.40. The second kappa shape index (κ2) is 8.02. The molecule has 7 nitrogen and oxygen atoms in total. The Morgan fingerprint density at radius 2 is 1.83 bits per heavy atom. The molecule has 0 unspecified atom stereocenters. The predicted molar refractivity (Wildman–Crippen MR) is 107 cm³/mol. The van der Waals surface area contributed by atoms with Gasteiger partial charge in [-0.15, -0.1) is 0 Å². The third kappa shape index (κ3) is 3.94. The van der Waals surface area contributed by atoms with E-state index in [1.165, 1.54) is 17.2 Å². The van der Waals surface area contributed by atoms with Gasteiger partial charge in [-0.2, -0.15) is 0 Å². The zero-order valence-electron chi connectivity index (χ0n) is 16.0. The molecule has 1 saturated heterocycles. The second-order valence-electron chi connectivity index (χ2n) is 7.60. The van der Waals surface area contributed by atoms with E-state index < -0.39 is 15.9 Å². The van der Waals surface area contributed by atoms with Gasteiger partial charge in [-0.05, 0) is 56.0 Å². The van der Waals surface area contributed by atoms with Crippen LogP contribution in [0.5, 0.6) is 0 Å². The molecule has 0 radical (unpaired) electrons. The molecule has 2 fully saturated rings. The van der Waals surface area contributed by atoms with Crippen LogP contribution >= 0.6 is 0 Å². The van der Waals surface area contributed by atoms with E-state index in [0.29, 0.717) is 31.5 Å². The highest BCUT2D eigenvalue weighted by Gasteiger charge is 2.36. The van der Waals surface area contributed by atoms with Crippen molar-refractivity contribution in [3.8, 4) is 0 Å². The van der Waals surface area contributed by atoms with Crippen LogP contribution in [-0.4, -0.2) is 43.0 Å². The Kier molecular flexibility index (Phi) is 5.45. The highest BCUT2D eigenvalue weighted by atomic mass is 32.2. The fourth-order valence-electron chi connectivity index (χ4n) is 4.19. The summed E-state index contributed by atoms with van der Waals surface area (Å²) in [5, 5.41) is 2.45. The van der Waals surface area contributed by atoms with E-state index in [-0.39, 0.29) is 27.7 Å². The number of hydrogen-bond acceptors (Lipinski definition) is 5. The van der Waals surface area contributed by atoms with Crippen LogP contribution in [0.25, 0.3) is 0 Å². The van der Waals surface area contributed by atoms with Crippen LogP contribution in [0.1, 0.15) is 49.1 Å². The minimum absolute atomic E-state index is 0.203. The summed E-state index contributed by atoms with van der Waals surface area (Å²) in [6.07, 6.45) is 5.94. The number of hydrogen-bond donors (Lipinski definition) is 1. The molecular formula is C21H24N2O5S. The minimum Gasteiger partial charge on any atom is -0.459 e. The molecule has 1 aromatic carbocycles. The number of likely N-dealkylation sites (tertiary alicyclic amines) is 1. The lowest BCUT2D eigenvalue weighted by molar-refractivity contribution is -0.119. The molecule has 2 amide bonds. The van der Waals surface area contributed by atoms with Crippen molar-refractivity contribution in [3.05, 3.63) is 48.4 Å². The quantitative estimate of drug-likeness (QED) is 0.807. The average Bonchev–Trinajstić information content (AvgIpc) is 3.50. The molecule has 8 heteroatoms. The molecule has 0 bridgehead atoms. The van der Waals surface area contributed by atoms with E-state index in [9.17, 15) is 18.0 Å². The fourth-order valence-corrected chi connectivity index (χ4v) is 6.09. The van der Waals surface area contributed by atoms with Gasteiger partial charge >= 0.3 is 0 Å². The first-order valence-electron chi connectivity index (χ1n) is 9.96. The molecule has 1 aliphatic heterocycles. The van der Waals surface area contributed by atoms with Crippen LogP contribution in [-0.2, 0) is 14.6 Å². The largest absolute Gasteiger partial charge is 0.459 e. The number of nitrogens with one attached hydrogen (secondary N) is 1. The van der Waals surface area contributed by atoms with Crippen molar-refractivity contribution in [2.75, 3.05) is 11.9 Å². The van der Waals surface area contributed by atoms with Gasteiger partial charge < -0.3 is 14.6 Å². The van der Waals surface area contributed by atoms with Crippen LogP contribution in [0.2, 0.25) is 0 Å². The Morgan fingerprint density at radius 3 is 2.55 bits per heavy atom. The van der Waals surface area contributed by atoms with E-state index in [4.69, 9.17) is 4.42 Å². The summed E-state index contributed by atoms with van der Waals surface area (Å²) >= 11 is 0. The van der Waals surface area contributed by atoms with Gasteiger partial charge in [-0.1, -0.05) is 18.9 Å². The van der Waals surface area contributed by atoms with Crippen LogP contribution < -0.4 is 5.32 Å². The van der Waals surface area contributed by atoms with Gasteiger partial charge in [0.1, 0.15) is 6.04 Å². The second-order valence-corrected chi connectivity index (χ2v) is 9.83. The van der Waals surface area contributed by atoms with E-state index >= 15 is 0 Å². The lowest BCUT2D eigenvalue weighted by Crippen LogP contribution is -2.43. The third-order valence-electron chi connectivity index (χ3n) is 5.72. The van der Waals surface area contributed by atoms with Crippen molar-refractivity contribution in [1.29, 1.82) is 0 Å². The number of sulfone groups is 1. The summed E-state index contributed by atoms with van der Waals surface area (Å²) in [4.78, 5) is 27.2. The van der Waals surface area contributed by atoms with Gasteiger partial charge in [-0.25, -0.2) is 8.42 Å². The topological polar surface area (TPSA) is 96.7 Å². The molecule has 1 N–H and O–H groups in total. The summed E-state index contributed by atoms with van der Waals surface area (Å²) in [6, 6.07) is 8.99. The molecule has 4 rings (SSSR count). The number of rotatable bonds is 5. The normalized spacial score (nSPS) is 20.1. The molecule has 29 heavy (non-hydrogen) atoms. The third-order valence-corrected chi connectivity index (χ3v) is 7.98. The number of carbonyl (C=O) groups is 2. The van der Waals surface area contributed by atoms with Crippen LogP contribution in [0.4, 0.5) is 5.69 Å². The molecule has 1 saturated carbocycles. The van der Waals surface area contributed by atoms with Gasteiger partial charge in [0, 0.05) is 12.2 Å². The van der Waals surface area contributed by atoms with Crippen molar-refractivity contribution < 1.29 is 22.4 Å². The smallest absolute Gasteiger partial charge is 0.290 e. The van der Waals surface area contributed by atoms with Gasteiger partial charge in [-0.3, -0.25) is 9.59 Å². The van der Waals surface area contributed by atoms with E-state index in [2.05, 4.69) is 5.32 Å². The number of nitrogens with zero attached hydrogens (tertiary/aromatic N) is 1. The zero-order valence-corrected chi connectivity index (χ0v) is 16.9. The Hall–Kier alpha value is -2.61. The van der Waals surface area contributed by atoms with Crippen LogP contribution in [0.3, 0.4) is 0 Å². The first-order chi connectivity index (χ1) is 14.0. The van der Waals surface area contributed by atoms with Gasteiger partial charge in [0.15, 0.2) is 15.6 Å². The molecule has 0 spiro atoms. The van der Waals surface area contributed by atoms with Crippen molar-refractivity contribution in [3.63, 3.8) is 0 Å². The highest BCUT2D eigenvalue weighted by molar-refractivity contribution is 7.92. The molecule has 1 atom stereocenters. The van der Waals surface area contributed by atoms with Crippen LogP contribution in [0, 0.1) is 0 Å². The highest BCUT2D eigenvalue weighted by Crippen LogP contribution is 2.31. The summed E-state index contributed by atoms with van der Waals surface area (Å²) in [6.45, 7) is 0.480. The number of amides is 2. The Labute approximate surface area is 170 Å². The first-order valence-corrected chi connectivity index (χ1v) is 11.5. The Balaban J connectivity index is 1.49. The number of carbonyl (C=O) groups excluding carboxylic acids is 2. The molecule has 2 aliphatic rings. The monoisotopic (exact) mass is 416 g/mol. The maximum atomic E-state index is 12.8. The maximum Gasteiger partial charge on any atom is 0.290 e. The minimum atomic E-state index is -3.40. The van der Waals surface area contributed by atoms with Crippen LogP contribution in [0.15, 0.2) is 52.0 Å². The van der Waals surface area contributed by atoms with E-state index in [1.54, 1.807) is 30.3 Å². The number of furan rings is 1. The van der Waals surface area contributed by atoms with Gasteiger partial charge in [0.2, 0.25) is 5.91 Å². The first kappa shape index (κ1) is 19.7. The number of anilines is 1. The maximum absolute atomic E-state index is 12.8. The summed E-state index contributed by atoms with van der Waals surface area (Å²) in [5.74, 6) is -0.433. The standard InChI is InChI=1S/C21H24N2O5S/c24-20(18-10-4-12-23(18)21(25)19-11-5-13-28-19)22-15-6-3-9-17(14-15)29(26,27)16-7-1-2-8-16/h3,5-6,9,11,13-14,16,18H,1-2,4,7-8,10,12H2,(H,22,24)/t18-/m0/s1. The lowest BCUT2D eigenvalue weighted by atomic mass is 10.2. The lowest BCUT2D eigenvalue weighted by Gasteiger charge is -2.23. The summed E-state index contributed by atoms with van der Waals surface area (Å²) < 4.78 is 30.8. The molecule has 2 aromatic rings. The summed E-state index contributed by atoms with van der Waals surface area (Å²) in [5.41, 5.74) is 0.423. The average molecular weight is 416 g/mol. The molecule has 1 aliphatic carbocycles. The predicted octanol–water partition coefficient (Wildman–Crippen LogP) is 3.24. The van der Waals surface area contributed by atoms with Crippen molar-refractivity contribution >= 4 is 27.3 Å². The van der Waals surface area contributed by atoms with Gasteiger partial charge in [0.05, 0.1) is 16.4 Å². The molecular weight excluding hydrogens is 392 g/mol. The van der Waals surface area contributed by atoms with E-state index in [0.717, 1.165) is 19.3 Å². The number of benzene rings is 1. The van der Waals surface area contributed by atoms with Crippen molar-refractivity contribution in [1.82, 2.24) is 4.90 Å². The Morgan fingerprint density at radius 1 is 1.03 bits per heavy atom. The van der Waals surface area contributed by atoms with Crippen molar-refractivity contribution in [2.45, 2.75) is 54.7 Å². The Bertz CT molecular complexity index is 994. The molecule has 154 valence electrons. The fraction of sp³-hybridized carbons (Fsp3) is 0.429. The van der Waals surface area contributed by atoms with Gasteiger partial charge in [0.25, 0.3) is 5.91 Å².